The minimum absolute atomic E-state index is 0.150. The van der Waals surface area contributed by atoms with Gasteiger partial charge in [0.25, 0.3) is 5.91 Å². The number of nitrogens with zero attached hydrogens (tertiary/aromatic N) is 3. The van der Waals surface area contributed by atoms with Gasteiger partial charge in [-0.2, -0.15) is 13.2 Å². The molecule has 0 atom stereocenters. The summed E-state index contributed by atoms with van der Waals surface area (Å²) in [6, 6.07) is 2.96. The number of halogens is 3. The summed E-state index contributed by atoms with van der Waals surface area (Å²) in [5.74, 6) is -0.565. The van der Waals surface area contributed by atoms with Crippen LogP contribution in [0.3, 0.4) is 0 Å². The van der Waals surface area contributed by atoms with Crippen molar-refractivity contribution in [2.24, 2.45) is 0 Å². The zero-order valence-corrected chi connectivity index (χ0v) is 16.7. The molecule has 7 nitrogen and oxygen atoms in total. The summed E-state index contributed by atoms with van der Waals surface area (Å²) < 4.78 is 45.8. The molecule has 1 fully saturated rings. The molecule has 0 N–H and O–H groups in total. The Bertz CT molecular complexity index is 1020. The van der Waals surface area contributed by atoms with Gasteiger partial charge in [-0.05, 0) is 32.0 Å². The summed E-state index contributed by atoms with van der Waals surface area (Å²) in [5, 5.41) is -0.150. The normalized spacial score (nSPS) is 14.8. The number of carbonyl (C=O) groups is 2. The van der Waals surface area contributed by atoms with Gasteiger partial charge in [-0.1, -0.05) is 0 Å². The number of rotatable bonds is 3. The van der Waals surface area contributed by atoms with Crippen molar-refractivity contribution in [3.05, 3.63) is 45.7 Å². The van der Waals surface area contributed by atoms with E-state index in [4.69, 9.17) is 4.74 Å². The predicted octanol–water partition coefficient (Wildman–Crippen LogP) is 2.95. The average Bonchev–Trinajstić information content (AvgIpc) is 2.73. The highest BCUT2D eigenvalue weighted by atomic mass is 19.4. The number of fused-ring (bicyclic) bond motifs is 1. The maximum absolute atomic E-state index is 13.1. The lowest BCUT2D eigenvalue weighted by molar-refractivity contribution is -0.137. The Morgan fingerprint density at radius 3 is 2.27 bits per heavy atom. The van der Waals surface area contributed by atoms with Crippen molar-refractivity contribution in [1.82, 2.24) is 14.4 Å². The molecule has 0 aliphatic carbocycles. The van der Waals surface area contributed by atoms with E-state index in [-0.39, 0.29) is 43.7 Å². The van der Waals surface area contributed by atoms with Gasteiger partial charge in [-0.3, -0.25) is 9.59 Å². The molecule has 162 valence electrons. The Hall–Kier alpha value is -3.04. The second-order valence-corrected chi connectivity index (χ2v) is 6.87. The van der Waals surface area contributed by atoms with E-state index in [9.17, 15) is 27.6 Å². The molecule has 1 aromatic carbocycles. The van der Waals surface area contributed by atoms with E-state index in [1.807, 2.05) is 0 Å². The van der Waals surface area contributed by atoms with Crippen LogP contribution < -0.4 is 5.43 Å². The van der Waals surface area contributed by atoms with Gasteiger partial charge in [0.2, 0.25) is 5.43 Å². The van der Waals surface area contributed by atoms with Gasteiger partial charge in [0, 0.05) is 44.3 Å². The molecule has 10 heteroatoms. The summed E-state index contributed by atoms with van der Waals surface area (Å²) in [7, 11) is 0. The van der Waals surface area contributed by atoms with Crippen LogP contribution in [-0.4, -0.2) is 59.2 Å². The number of amides is 2. The largest absolute Gasteiger partial charge is 0.450 e. The molecular weight excluding hydrogens is 403 g/mol. The number of benzene rings is 1. The van der Waals surface area contributed by atoms with Crippen molar-refractivity contribution in [3.63, 3.8) is 0 Å². The number of carbonyl (C=O) groups excluding carboxylic acids is 2. The molecule has 2 heterocycles. The van der Waals surface area contributed by atoms with Crippen LogP contribution in [0.2, 0.25) is 0 Å². The fourth-order valence-corrected chi connectivity index (χ4v) is 3.46. The molecule has 1 aliphatic heterocycles. The lowest BCUT2D eigenvalue weighted by Crippen LogP contribution is -2.51. The smallest absolute Gasteiger partial charge is 0.416 e. The number of hydrogen-bond donors (Lipinski definition) is 0. The minimum atomic E-state index is -4.60. The van der Waals surface area contributed by atoms with E-state index >= 15 is 0 Å². The lowest BCUT2D eigenvalue weighted by Gasteiger charge is -2.34. The Morgan fingerprint density at radius 1 is 1.07 bits per heavy atom. The topological polar surface area (TPSA) is 71.8 Å². The van der Waals surface area contributed by atoms with Crippen LogP contribution in [-0.2, 0) is 17.5 Å². The van der Waals surface area contributed by atoms with Gasteiger partial charge >= 0.3 is 12.3 Å². The highest BCUT2D eigenvalue weighted by Crippen LogP contribution is 2.31. The summed E-state index contributed by atoms with van der Waals surface area (Å²) >= 11 is 0. The van der Waals surface area contributed by atoms with Crippen molar-refractivity contribution in [3.8, 4) is 0 Å². The fraction of sp³-hybridized carbons (Fsp3) is 0.450. The van der Waals surface area contributed by atoms with E-state index < -0.39 is 29.2 Å². The third kappa shape index (κ3) is 4.12. The standard InChI is InChI=1S/C20H22F3N3O4/c1-3-24-12-15(17(27)14-11-13(20(21,22)23)5-6-16(14)24)18(28)25-7-9-26(10-8-25)19(29)30-4-2/h5-6,11-12H,3-4,7-10H2,1-2H3. The summed E-state index contributed by atoms with van der Waals surface area (Å²) in [6.45, 7) is 4.98. The van der Waals surface area contributed by atoms with Gasteiger partial charge in [-0.15, -0.1) is 0 Å². The van der Waals surface area contributed by atoms with Crippen LogP contribution in [0, 0.1) is 0 Å². The Balaban J connectivity index is 1.94. The van der Waals surface area contributed by atoms with Crippen LogP contribution >= 0.6 is 0 Å². The van der Waals surface area contributed by atoms with Crippen molar-refractivity contribution >= 4 is 22.9 Å². The van der Waals surface area contributed by atoms with Gasteiger partial charge in [0.05, 0.1) is 17.7 Å². The summed E-state index contributed by atoms with van der Waals surface area (Å²) in [6.07, 6.45) is -3.68. The lowest BCUT2D eigenvalue weighted by atomic mass is 10.1. The molecule has 3 rings (SSSR count). The van der Waals surface area contributed by atoms with Crippen molar-refractivity contribution in [2.75, 3.05) is 32.8 Å². The molecule has 0 spiro atoms. The van der Waals surface area contributed by atoms with Crippen molar-refractivity contribution < 1.29 is 27.5 Å². The molecular formula is C20H22F3N3O4. The van der Waals surface area contributed by atoms with Crippen molar-refractivity contribution in [1.29, 1.82) is 0 Å². The van der Waals surface area contributed by atoms with Crippen LogP contribution in [0.4, 0.5) is 18.0 Å². The number of alkyl halides is 3. The second kappa shape index (κ2) is 8.37. The van der Waals surface area contributed by atoms with Crippen LogP contribution in [0.5, 0.6) is 0 Å². The van der Waals surface area contributed by atoms with E-state index in [1.165, 1.54) is 22.1 Å². The molecule has 30 heavy (non-hydrogen) atoms. The zero-order valence-electron chi connectivity index (χ0n) is 16.7. The number of aromatic nitrogens is 1. The molecule has 2 aromatic rings. The molecule has 2 amide bonds. The van der Waals surface area contributed by atoms with E-state index in [2.05, 4.69) is 0 Å². The molecule has 0 unspecified atom stereocenters. The Morgan fingerprint density at radius 2 is 1.70 bits per heavy atom. The fourth-order valence-electron chi connectivity index (χ4n) is 3.46. The molecule has 0 bridgehead atoms. The van der Waals surface area contributed by atoms with E-state index in [0.29, 0.717) is 12.1 Å². The average molecular weight is 425 g/mol. The van der Waals surface area contributed by atoms with E-state index in [1.54, 1.807) is 18.4 Å². The zero-order chi connectivity index (χ0) is 22.1. The quantitative estimate of drug-likeness (QED) is 0.758. The minimum Gasteiger partial charge on any atom is -0.450 e. The first-order chi connectivity index (χ1) is 14.2. The first-order valence-electron chi connectivity index (χ1n) is 9.62. The maximum Gasteiger partial charge on any atom is 0.416 e. The third-order valence-electron chi connectivity index (χ3n) is 5.07. The molecule has 1 saturated heterocycles. The highest BCUT2D eigenvalue weighted by Gasteiger charge is 2.32. The Labute approximate surface area is 170 Å². The maximum atomic E-state index is 13.1. The van der Waals surface area contributed by atoms with Crippen molar-refractivity contribution in [2.45, 2.75) is 26.6 Å². The van der Waals surface area contributed by atoms with Gasteiger partial charge in [0.15, 0.2) is 0 Å². The first kappa shape index (κ1) is 21.7. The van der Waals surface area contributed by atoms with Crippen LogP contribution in [0.25, 0.3) is 10.9 Å². The van der Waals surface area contributed by atoms with Gasteiger partial charge < -0.3 is 19.1 Å². The molecule has 0 radical (unpaired) electrons. The molecule has 1 aromatic heterocycles. The number of ether oxygens (including phenoxy) is 1. The second-order valence-electron chi connectivity index (χ2n) is 6.87. The predicted molar refractivity (Wildman–Crippen MR) is 103 cm³/mol. The first-order valence-corrected chi connectivity index (χ1v) is 9.62. The summed E-state index contributed by atoms with van der Waals surface area (Å²) in [4.78, 5) is 40.6. The molecule has 0 saturated carbocycles. The SMILES string of the molecule is CCOC(=O)N1CCN(C(=O)c2cn(CC)c3ccc(C(F)(F)F)cc3c2=O)CC1. The van der Waals surface area contributed by atoms with E-state index in [0.717, 1.165) is 12.1 Å². The monoisotopic (exact) mass is 425 g/mol. The highest BCUT2D eigenvalue weighted by molar-refractivity contribution is 5.97. The Kier molecular flexibility index (Phi) is 6.04. The van der Waals surface area contributed by atoms with Crippen LogP contribution in [0.1, 0.15) is 29.8 Å². The van der Waals surface area contributed by atoms with Crippen LogP contribution in [0.15, 0.2) is 29.2 Å². The number of pyridine rings is 1. The number of aryl methyl sites for hydroxylation is 1. The summed E-state index contributed by atoms with van der Waals surface area (Å²) in [5.41, 5.74) is -1.53. The van der Waals surface area contributed by atoms with Gasteiger partial charge in [0.1, 0.15) is 5.56 Å². The molecule has 1 aliphatic rings. The number of hydrogen-bond acceptors (Lipinski definition) is 4. The van der Waals surface area contributed by atoms with Gasteiger partial charge in [-0.25, -0.2) is 4.79 Å². The third-order valence-corrected chi connectivity index (χ3v) is 5.07. The number of piperazine rings is 1.